The normalized spacial score (nSPS) is 10.1. The van der Waals surface area contributed by atoms with E-state index < -0.39 is 16.8 Å². The van der Waals surface area contributed by atoms with Crippen LogP contribution in [0.5, 0.6) is 0 Å². The maximum atomic E-state index is 11.9. The predicted molar refractivity (Wildman–Crippen MR) is 74.4 cm³/mol. The van der Waals surface area contributed by atoms with Crippen LogP contribution >= 0.6 is 15.9 Å². The molecule has 2 rings (SSSR count). The number of nitrogens with zero attached hydrogens (tertiary/aromatic N) is 1. The van der Waals surface area contributed by atoms with E-state index in [4.69, 9.17) is 9.52 Å². The molecule has 2 N–H and O–H groups in total. The molecule has 21 heavy (non-hydrogen) atoms. The number of amides is 1. The molecule has 8 nitrogen and oxygen atoms in total. The molecule has 0 saturated carbocycles. The van der Waals surface area contributed by atoms with Gasteiger partial charge in [0, 0.05) is 12.1 Å². The summed E-state index contributed by atoms with van der Waals surface area (Å²) in [6.45, 7) is 0. The molecule has 0 aliphatic rings. The molecule has 1 aromatic carbocycles. The molecule has 2 aromatic rings. The molecule has 0 atom stereocenters. The van der Waals surface area contributed by atoms with Gasteiger partial charge >= 0.3 is 5.97 Å². The molecule has 0 spiro atoms. The van der Waals surface area contributed by atoms with E-state index in [-0.39, 0.29) is 22.7 Å². The Morgan fingerprint density at radius 2 is 2.00 bits per heavy atom. The molecule has 0 saturated heterocycles. The molecule has 9 heteroatoms. The highest BCUT2D eigenvalue weighted by Crippen LogP contribution is 2.24. The molecular formula is C12H7BrN2O6. The number of carboxylic acid groups (broad SMARTS) is 1. The summed E-state index contributed by atoms with van der Waals surface area (Å²) in [5.41, 5.74) is -0.787. The van der Waals surface area contributed by atoms with Crippen LogP contribution in [0.2, 0.25) is 0 Å². The standard InChI is InChI=1S/C12H7BrN2O6/c13-10-4-3-9(21-10)11(16)14-8-5-6(15(19)20)1-2-7(8)12(17)18/h1-5H,(H,14,16)(H,17,18). The number of nitrogens with one attached hydrogen (secondary N) is 1. The third-order valence-corrected chi connectivity index (χ3v) is 2.92. The number of nitro groups is 1. The van der Waals surface area contributed by atoms with Gasteiger partial charge in [0.25, 0.3) is 11.6 Å². The monoisotopic (exact) mass is 354 g/mol. The average Bonchev–Trinajstić information content (AvgIpc) is 2.85. The van der Waals surface area contributed by atoms with Gasteiger partial charge in [-0.25, -0.2) is 4.79 Å². The number of hydrogen-bond acceptors (Lipinski definition) is 5. The largest absolute Gasteiger partial charge is 0.478 e. The first-order chi connectivity index (χ1) is 9.88. The van der Waals surface area contributed by atoms with Gasteiger partial charge in [0.2, 0.25) is 0 Å². The van der Waals surface area contributed by atoms with Crippen molar-refractivity contribution in [2.75, 3.05) is 5.32 Å². The minimum atomic E-state index is -1.32. The summed E-state index contributed by atoms with van der Waals surface area (Å²) in [6, 6.07) is 5.92. The van der Waals surface area contributed by atoms with Crippen LogP contribution in [0.15, 0.2) is 39.4 Å². The Balaban J connectivity index is 2.37. The molecule has 0 bridgehead atoms. The van der Waals surface area contributed by atoms with E-state index in [1.54, 1.807) is 0 Å². The summed E-state index contributed by atoms with van der Waals surface area (Å²) >= 11 is 3.02. The number of furan rings is 1. The van der Waals surface area contributed by atoms with Crippen molar-refractivity contribution in [2.24, 2.45) is 0 Å². The molecule has 1 aromatic heterocycles. The van der Waals surface area contributed by atoms with Crippen molar-refractivity contribution in [3.63, 3.8) is 0 Å². The molecular weight excluding hydrogens is 348 g/mol. The van der Waals surface area contributed by atoms with Crippen molar-refractivity contribution in [3.05, 3.63) is 56.4 Å². The summed E-state index contributed by atoms with van der Waals surface area (Å²) in [4.78, 5) is 33.0. The van der Waals surface area contributed by atoms with Crippen LogP contribution in [0.4, 0.5) is 11.4 Å². The predicted octanol–water partition coefficient (Wildman–Crippen LogP) is 2.90. The average molecular weight is 355 g/mol. The zero-order chi connectivity index (χ0) is 15.6. The van der Waals surface area contributed by atoms with Gasteiger partial charge in [0.15, 0.2) is 10.4 Å². The van der Waals surface area contributed by atoms with E-state index in [9.17, 15) is 19.7 Å². The number of carbonyl (C=O) groups is 2. The molecule has 0 aliphatic carbocycles. The molecule has 0 aliphatic heterocycles. The number of carbonyl (C=O) groups excluding carboxylic acids is 1. The fourth-order valence-electron chi connectivity index (χ4n) is 1.56. The van der Waals surface area contributed by atoms with Gasteiger partial charge in [-0.2, -0.15) is 0 Å². The van der Waals surface area contributed by atoms with Crippen molar-refractivity contribution in [2.45, 2.75) is 0 Å². The highest BCUT2D eigenvalue weighted by Gasteiger charge is 2.19. The Hall–Kier alpha value is -2.68. The van der Waals surface area contributed by atoms with Crippen molar-refractivity contribution in [1.29, 1.82) is 0 Å². The zero-order valence-corrected chi connectivity index (χ0v) is 11.8. The van der Waals surface area contributed by atoms with Gasteiger partial charge < -0.3 is 14.8 Å². The first-order valence-electron chi connectivity index (χ1n) is 5.47. The number of carboxylic acids is 1. The lowest BCUT2D eigenvalue weighted by atomic mass is 10.1. The number of aromatic carboxylic acids is 1. The van der Waals surface area contributed by atoms with Crippen molar-refractivity contribution >= 4 is 39.2 Å². The highest BCUT2D eigenvalue weighted by molar-refractivity contribution is 9.10. The van der Waals surface area contributed by atoms with Gasteiger partial charge in [-0.05, 0) is 34.1 Å². The van der Waals surface area contributed by atoms with Crippen molar-refractivity contribution in [3.8, 4) is 0 Å². The van der Waals surface area contributed by atoms with Crippen molar-refractivity contribution in [1.82, 2.24) is 0 Å². The molecule has 1 amide bonds. The molecule has 0 unspecified atom stereocenters. The van der Waals surface area contributed by atoms with Gasteiger partial charge in [0.05, 0.1) is 16.2 Å². The number of hydrogen-bond donors (Lipinski definition) is 2. The van der Waals surface area contributed by atoms with Crippen LogP contribution in [-0.4, -0.2) is 21.9 Å². The summed E-state index contributed by atoms with van der Waals surface area (Å²) in [5, 5.41) is 22.0. The number of rotatable bonds is 4. The van der Waals surface area contributed by atoms with Gasteiger partial charge in [-0.3, -0.25) is 14.9 Å². The summed E-state index contributed by atoms with van der Waals surface area (Å²) < 4.78 is 5.34. The number of nitro benzene ring substituents is 1. The Labute approximate surface area is 125 Å². The quantitative estimate of drug-likeness (QED) is 0.642. The highest BCUT2D eigenvalue weighted by atomic mass is 79.9. The minimum Gasteiger partial charge on any atom is -0.478 e. The van der Waals surface area contributed by atoms with Gasteiger partial charge in [-0.15, -0.1) is 0 Å². The topological polar surface area (TPSA) is 123 Å². The van der Waals surface area contributed by atoms with E-state index >= 15 is 0 Å². The van der Waals surface area contributed by atoms with Crippen LogP contribution in [-0.2, 0) is 0 Å². The Morgan fingerprint density at radius 3 is 2.52 bits per heavy atom. The maximum absolute atomic E-state index is 11.9. The van der Waals surface area contributed by atoms with E-state index in [1.807, 2.05) is 0 Å². The van der Waals surface area contributed by atoms with Crippen LogP contribution in [0.3, 0.4) is 0 Å². The lowest BCUT2D eigenvalue weighted by molar-refractivity contribution is -0.384. The molecule has 0 fully saturated rings. The fraction of sp³-hybridized carbons (Fsp3) is 0. The molecule has 1 heterocycles. The summed E-state index contributed by atoms with van der Waals surface area (Å²) in [6.07, 6.45) is 0. The molecule has 0 radical (unpaired) electrons. The maximum Gasteiger partial charge on any atom is 0.337 e. The number of anilines is 1. The van der Waals surface area contributed by atoms with Crippen LogP contribution < -0.4 is 5.32 Å². The first kappa shape index (κ1) is 14.7. The lowest BCUT2D eigenvalue weighted by Gasteiger charge is -2.07. The lowest BCUT2D eigenvalue weighted by Crippen LogP contribution is -2.14. The second kappa shape index (κ2) is 5.75. The Kier molecular flexibility index (Phi) is 4.03. The third-order valence-electron chi connectivity index (χ3n) is 2.49. The second-order valence-electron chi connectivity index (χ2n) is 3.85. The van der Waals surface area contributed by atoms with Crippen LogP contribution in [0.1, 0.15) is 20.9 Å². The van der Waals surface area contributed by atoms with E-state index in [2.05, 4.69) is 21.2 Å². The van der Waals surface area contributed by atoms with Gasteiger partial charge in [0.1, 0.15) is 0 Å². The Morgan fingerprint density at radius 1 is 1.29 bits per heavy atom. The van der Waals surface area contributed by atoms with Gasteiger partial charge in [-0.1, -0.05) is 0 Å². The van der Waals surface area contributed by atoms with Crippen LogP contribution in [0.25, 0.3) is 0 Å². The zero-order valence-electron chi connectivity index (χ0n) is 10.2. The second-order valence-corrected chi connectivity index (χ2v) is 4.63. The number of benzene rings is 1. The summed E-state index contributed by atoms with van der Waals surface area (Å²) in [5.74, 6) is -2.10. The SMILES string of the molecule is O=C(Nc1cc([N+](=O)[O-])ccc1C(=O)O)c1ccc(Br)o1. The van der Waals surface area contributed by atoms with E-state index in [0.29, 0.717) is 4.67 Å². The third kappa shape index (κ3) is 3.26. The molecule has 108 valence electrons. The van der Waals surface area contributed by atoms with E-state index in [1.165, 1.54) is 12.1 Å². The van der Waals surface area contributed by atoms with Crippen molar-refractivity contribution < 1.29 is 24.0 Å². The van der Waals surface area contributed by atoms with E-state index in [0.717, 1.165) is 18.2 Å². The smallest absolute Gasteiger partial charge is 0.337 e. The number of halogens is 1. The fourth-order valence-corrected chi connectivity index (χ4v) is 1.86. The summed E-state index contributed by atoms with van der Waals surface area (Å²) in [7, 11) is 0. The number of non-ortho nitro benzene ring substituents is 1. The Bertz CT molecular complexity index is 739. The minimum absolute atomic E-state index is 0.0651. The first-order valence-corrected chi connectivity index (χ1v) is 6.26. The van der Waals surface area contributed by atoms with Crippen LogP contribution in [0, 0.1) is 10.1 Å².